The fourth-order valence-corrected chi connectivity index (χ4v) is 8.35. The van der Waals surface area contributed by atoms with Gasteiger partial charge in [0.1, 0.15) is 0 Å². The zero-order valence-corrected chi connectivity index (χ0v) is 33.1. The van der Waals surface area contributed by atoms with Gasteiger partial charge < -0.3 is 5.11 Å². The van der Waals surface area contributed by atoms with E-state index in [0.29, 0.717) is 0 Å². The van der Waals surface area contributed by atoms with Crippen LogP contribution in [0.4, 0.5) is 0 Å². The van der Waals surface area contributed by atoms with E-state index in [0.717, 1.165) is 48.4 Å². The summed E-state index contributed by atoms with van der Waals surface area (Å²) in [4.78, 5) is 14.1. The molecule has 2 aromatic carbocycles. The van der Waals surface area contributed by atoms with Crippen LogP contribution >= 0.6 is 22.7 Å². The standard InChI is InChI=1S/C26H25N2S2.C13H24O2.Ir/c1-14-11-21(29-16(14)3)23-25-22(15(2)27-28-23)20-10-8-18-12-17(13-26(4,5)6)7-9-19(18)24(20)30-25;1-5-10(6-2)12(14)9-13(15)11(7-3)8-4;/h7-10,12H,13H2,1-6H3;9-11,14H,5-8H2,1-4H3;/q-1;;/b;12-9-;. The second-order valence-corrected chi connectivity index (χ2v) is 15.7. The van der Waals surface area contributed by atoms with E-state index in [-0.39, 0.29) is 48.9 Å². The second-order valence-electron chi connectivity index (χ2n) is 13.4. The number of carbonyl (C=O) groups is 1. The predicted molar refractivity (Wildman–Crippen MR) is 196 cm³/mol. The number of aryl methyl sites for hydroxylation is 3. The van der Waals surface area contributed by atoms with Crippen molar-refractivity contribution in [3.63, 3.8) is 0 Å². The Hall–Kier alpha value is -2.44. The molecule has 3 heterocycles. The molecule has 1 radical (unpaired) electrons. The van der Waals surface area contributed by atoms with E-state index in [1.807, 2.05) is 39.0 Å². The fraction of sp³-hybridized carbons (Fsp3) is 0.462. The van der Waals surface area contributed by atoms with Crippen molar-refractivity contribution in [2.45, 2.75) is 101 Å². The normalized spacial score (nSPS) is 12.2. The third kappa shape index (κ3) is 8.52. The molecule has 4 nitrogen and oxygen atoms in total. The molecule has 5 aromatic rings. The van der Waals surface area contributed by atoms with Gasteiger partial charge in [-0.25, -0.2) is 16.4 Å². The summed E-state index contributed by atoms with van der Waals surface area (Å²) in [6.45, 7) is 21.3. The van der Waals surface area contributed by atoms with Gasteiger partial charge in [-0.1, -0.05) is 102 Å². The third-order valence-electron chi connectivity index (χ3n) is 8.73. The minimum Gasteiger partial charge on any atom is -0.512 e. The maximum absolute atomic E-state index is 11.7. The van der Waals surface area contributed by atoms with Crippen LogP contribution in [0.3, 0.4) is 0 Å². The SMILES string of the molecule is CCC(CC)C(=O)/C=C(\O)C(CC)CC.Cc1[c-]c(-c2nnc(C)c3c2sc2c4ccc(CC(C)(C)C)cc4ccc23)sc1C.[Ir]. The maximum atomic E-state index is 11.7. The Bertz CT molecular complexity index is 1820. The Labute approximate surface area is 297 Å². The van der Waals surface area contributed by atoms with Crippen LogP contribution in [0.1, 0.15) is 95.8 Å². The average molecular weight is 834 g/mol. The molecule has 46 heavy (non-hydrogen) atoms. The summed E-state index contributed by atoms with van der Waals surface area (Å²) in [5, 5.41) is 24.0. The van der Waals surface area contributed by atoms with Gasteiger partial charge in [0.15, 0.2) is 5.78 Å². The molecule has 5 rings (SSSR count). The average Bonchev–Trinajstić information content (AvgIpc) is 3.54. The molecule has 0 aliphatic rings. The van der Waals surface area contributed by atoms with Crippen molar-refractivity contribution in [3.05, 3.63) is 69.9 Å². The minimum atomic E-state index is 0. The van der Waals surface area contributed by atoms with Gasteiger partial charge in [0.05, 0.1) is 11.5 Å². The van der Waals surface area contributed by atoms with E-state index in [2.05, 4.69) is 88.1 Å². The number of allylic oxidation sites excluding steroid dienone is 2. The molecular weight excluding hydrogens is 785 g/mol. The Balaban J connectivity index is 0.000000309. The van der Waals surface area contributed by atoms with Gasteiger partial charge in [-0.05, 0) is 60.8 Å². The number of rotatable bonds is 9. The molecule has 7 heteroatoms. The van der Waals surface area contributed by atoms with Crippen molar-refractivity contribution >= 4 is 59.4 Å². The number of ketones is 1. The van der Waals surface area contributed by atoms with Gasteiger partial charge in [-0.3, -0.25) is 4.79 Å². The first-order valence-electron chi connectivity index (χ1n) is 16.4. The molecule has 1 N–H and O–H groups in total. The fourth-order valence-electron chi connectivity index (χ4n) is 5.95. The van der Waals surface area contributed by atoms with Crippen molar-refractivity contribution in [2.24, 2.45) is 17.3 Å². The number of hydrogen-bond acceptors (Lipinski definition) is 6. The maximum Gasteiger partial charge on any atom is 0.162 e. The molecule has 0 spiro atoms. The number of fused-ring (bicyclic) bond motifs is 5. The number of hydrogen-bond donors (Lipinski definition) is 1. The van der Waals surface area contributed by atoms with Crippen LogP contribution in [0.25, 0.3) is 41.5 Å². The van der Waals surface area contributed by atoms with E-state index in [4.69, 9.17) is 0 Å². The van der Waals surface area contributed by atoms with Crippen LogP contribution in [0.2, 0.25) is 0 Å². The largest absolute Gasteiger partial charge is 0.512 e. The second kappa shape index (κ2) is 16.1. The molecule has 3 aromatic heterocycles. The number of carbonyl (C=O) groups excluding carboxylic acids is 1. The molecule has 249 valence electrons. The zero-order valence-electron chi connectivity index (χ0n) is 29.1. The van der Waals surface area contributed by atoms with E-state index < -0.39 is 0 Å². The molecule has 0 unspecified atom stereocenters. The monoisotopic (exact) mass is 834 g/mol. The third-order valence-corrected chi connectivity index (χ3v) is 11.1. The van der Waals surface area contributed by atoms with Crippen LogP contribution in [-0.2, 0) is 31.3 Å². The summed E-state index contributed by atoms with van der Waals surface area (Å²) in [6, 6.07) is 15.0. The van der Waals surface area contributed by atoms with E-state index >= 15 is 0 Å². The van der Waals surface area contributed by atoms with Gasteiger partial charge in [0.2, 0.25) is 0 Å². The molecule has 0 atom stereocenters. The number of aromatic nitrogens is 2. The number of aliphatic hydroxyl groups is 1. The van der Waals surface area contributed by atoms with Gasteiger partial charge >= 0.3 is 0 Å². The first-order chi connectivity index (χ1) is 21.3. The summed E-state index contributed by atoms with van der Waals surface area (Å²) >= 11 is 3.60. The van der Waals surface area contributed by atoms with E-state index in [9.17, 15) is 9.90 Å². The number of nitrogens with zero attached hydrogens (tertiary/aromatic N) is 2. The van der Waals surface area contributed by atoms with Crippen LogP contribution < -0.4 is 0 Å². The van der Waals surface area contributed by atoms with Crippen LogP contribution in [0.15, 0.2) is 42.2 Å². The van der Waals surface area contributed by atoms with Crippen LogP contribution in [0, 0.1) is 44.1 Å². The van der Waals surface area contributed by atoms with Crippen molar-refractivity contribution < 1.29 is 30.0 Å². The molecule has 0 amide bonds. The van der Waals surface area contributed by atoms with Crippen molar-refractivity contribution in [1.29, 1.82) is 0 Å². The Morgan fingerprint density at radius 2 is 1.52 bits per heavy atom. The molecule has 0 aliphatic carbocycles. The summed E-state index contributed by atoms with van der Waals surface area (Å²) in [5.74, 6) is 0.547. The van der Waals surface area contributed by atoms with Gasteiger partial charge in [0, 0.05) is 63.9 Å². The molecule has 0 saturated carbocycles. The molecular formula is C39H49IrN2O2S2-. The van der Waals surface area contributed by atoms with Gasteiger partial charge in [-0.2, -0.15) is 16.7 Å². The van der Waals surface area contributed by atoms with Gasteiger partial charge in [0.25, 0.3) is 0 Å². The Morgan fingerprint density at radius 3 is 2.09 bits per heavy atom. The smallest absolute Gasteiger partial charge is 0.162 e. The minimum absolute atomic E-state index is 0. The molecule has 0 saturated heterocycles. The van der Waals surface area contributed by atoms with Gasteiger partial charge in [-0.15, -0.1) is 11.3 Å². The van der Waals surface area contributed by atoms with Crippen molar-refractivity contribution in [3.8, 4) is 10.6 Å². The van der Waals surface area contributed by atoms with E-state index in [1.165, 1.54) is 53.0 Å². The van der Waals surface area contributed by atoms with Crippen LogP contribution in [0.5, 0.6) is 0 Å². The summed E-state index contributed by atoms with van der Waals surface area (Å²) in [6.07, 6.45) is 5.99. The number of aliphatic hydroxyl groups excluding tert-OH is 1. The summed E-state index contributed by atoms with van der Waals surface area (Å²) in [7, 11) is 0. The van der Waals surface area contributed by atoms with Crippen LogP contribution in [-0.4, -0.2) is 21.1 Å². The number of thiophene rings is 2. The summed E-state index contributed by atoms with van der Waals surface area (Å²) in [5.41, 5.74) is 4.84. The molecule has 0 aliphatic heterocycles. The zero-order chi connectivity index (χ0) is 33.1. The Morgan fingerprint density at radius 1 is 0.891 bits per heavy atom. The molecule has 0 fully saturated rings. The van der Waals surface area contributed by atoms with Crippen molar-refractivity contribution in [1.82, 2.24) is 10.2 Å². The predicted octanol–water partition coefficient (Wildman–Crippen LogP) is 11.9. The first kappa shape index (κ1) is 38.0. The Kier molecular flexibility index (Phi) is 13.3. The quantitative estimate of drug-likeness (QED) is 0.0913. The molecule has 0 bridgehead atoms. The van der Waals surface area contributed by atoms with E-state index in [1.54, 1.807) is 11.3 Å². The van der Waals surface area contributed by atoms with Crippen molar-refractivity contribution in [2.75, 3.05) is 0 Å². The number of benzene rings is 2. The topological polar surface area (TPSA) is 63.1 Å². The summed E-state index contributed by atoms with van der Waals surface area (Å²) < 4.78 is 2.55. The first-order valence-corrected chi connectivity index (χ1v) is 18.0.